The maximum Gasteiger partial charge on any atom is 0.302 e. The number of fused-ring (bicyclic) bond motifs is 6. The van der Waals surface area contributed by atoms with Gasteiger partial charge in [-0.25, -0.2) is 0 Å². The summed E-state index contributed by atoms with van der Waals surface area (Å²) in [6.07, 6.45) is -6.88. The molecule has 17 heteroatoms. The lowest BCUT2D eigenvalue weighted by molar-refractivity contribution is -0.324. The minimum absolute atomic E-state index is 0.00726. The summed E-state index contributed by atoms with van der Waals surface area (Å²) < 4.78 is 24.8. The summed E-state index contributed by atoms with van der Waals surface area (Å²) >= 11 is 0. The first-order valence-electron chi connectivity index (χ1n) is 17.7. The van der Waals surface area contributed by atoms with Crippen LogP contribution < -0.4 is 20.1 Å². The fourth-order valence-corrected chi connectivity index (χ4v) is 7.78. The van der Waals surface area contributed by atoms with Gasteiger partial charge in [-0.3, -0.25) is 19.4 Å². The van der Waals surface area contributed by atoms with Crippen LogP contribution in [-0.2, 0) is 14.3 Å². The van der Waals surface area contributed by atoms with Gasteiger partial charge in [0.25, 0.3) is 0 Å². The molecular weight excluding hydrogens is 718 g/mol. The molecule has 0 saturated carbocycles. The molecule has 5 aliphatic rings. The maximum atomic E-state index is 14.3. The number of ether oxygens (including phenoxy) is 4. The number of benzene rings is 3. The Balaban J connectivity index is 1.38. The van der Waals surface area contributed by atoms with E-state index in [4.69, 9.17) is 24.7 Å². The molecule has 1 aliphatic carbocycles. The first-order chi connectivity index (χ1) is 26.6. The second-order valence-electron chi connectivity index (χ2n) is 13.6. The van der Waals surface area contributed by atoms with Crippen LogP contribution in [0.2, 0.25) is 0 Å². The van der Waals surface area contributed by atoms with Crippen LogP contribution in [0.3, 0.4) is 0 Å². The minimum Gasteiger partial charge on any atom is -0.486 e. The zero-order chi connectivity index (χ0) is 38.6. The number of hydrogen-bond acceptors (Lipinski definition) is 16. The summed E-state index contributed by atoms with van der Waals surface area (Å²) in [4.78, 5) is 55.5. The molecule has 1 fully saturated rings. The van der Waals surface area contributed by atoms with Gasteiger partial charge in [-0.15, -0.1) is 0 Å². The summed E-state index contributed by atoms with van der Waals surface area (Å²) in [7, 11) is 0. The van der Waals surface area contributed by atoms with Crippen LogP contribution in [0.1, 0.15) is 61.7 Å². The van der Waals surface area contributed by atoms with Gasteiger partial charge in [0, 0.05) is 53.5 Å². The van der Waals surface area contributed by atoms with E-state index < -0.39 is 73.2 Å². The summed E-state index contributed by atoms with van der Waals surface area (Å²) in [5.74, 6) is -2.92. The topological polar surface area (TPSA) is 256 Å². The van der Waals surface area contributed by atoms with Crippen molar-refractivity contribution in [2.75, 3.05) is 44.6 Å². The third-order valence-electron chi connectivity index (χ3n) is 10.4. The van der Waals surface area contributed by atoms with E-state index >= 15 is 0 Å². The van der Waals surface area contributed by atoms with Crippen molar-refractivity contribution >= 4 is 40.7 Å². The Morgan fingerprint density at radius 3 is 2.45 bits per heavy atom. The monoisotopic (exact) mass is 755 g/mol. The predicted octanol–water partition coefficient (Wildman–Crippen LogP) is -0.204. The Labute approximate surface area is 313 Å². The van der Waals surface area contributed by atoms with Crippen molar-refractivity contribution in [2.24, 2.45) is 20.7 Å². The number of amides is 1. The lowest BCUT2D eigenvalue weighted by Gasteiger charge is -2.47. The molecular formula is C38H37N5O12. The molecule has 6 atom stereocenters. The van der Waals surface area contributed by atoms with E-state index in [9.17, 15) is 39.9 Å². The highest BCUT2D eigenvalue weighted by Crippen LogP contribution is 2.50. The molecule has 0 spiro atoms. The predicted molar refractivity (Wildman–Crippen MR) is 193 cm³/mol. The van der Waals surface area contributed by atoms with Crippen LogP contribution in [0.5, 0.6) is 11.5 Å². The summed E-state index contributed by atoms with van der Waals surface area (Å²) in [6.45, 7) is -1.71. The van der Waals surface area contributed by atoms with Gasteiger partial charge in [-0.2, -0.15) is 9.98 Å². The molecule has 286 valence electrons. The quantitative estimate of drug-likeness (QED) is 0.143. The number of carbonyl (C=O) groups is 3. The first kappa shape index (κ1) is 36.6. The molecule has 55 heavy (non-hydrogen) atoms. The smallest absolute Gasteiger partial charge is 0.302 e. The van der Waals surface area contributed by atoms with Gasteiger partial charge in [-0.05, 0) is 24.1 Å². The van der Waals surface area contributed by atoms with E-state index in [-0.39, 0.29) is 89.7 Å². The minimum atomic E-state index is -2.41. The number of carbonyl (C=O) groups excluding carboxylic acids is 3. The van der Waals surface area contributed by atoms with Crippen LogP contribution >= 0.6 is 0 Å². The van der Waals surface area contributed by atoms with Gasteiger partial charge in [0.1, 0.15) is 31.6 Å². The molecule has 17 nitrogen and oxygen atoms in total. The molecule has 0 aromatic heterocycles. The molecule has 7 N–H and O–H groups in total. The van der Waals surface area contributed by atoms with E-state index in [1.165, 1.54) is 12.1 Å². The van der Waals surface area contributed by atoms with Crippen LogP contribution in [0.4, 0.5) is 5.69 Å². The van der Waals surface area contributed by atoms with E-state index in [1.54, 1.807) is 41.3 Å². The molecule has 4 heterocycles. The summed E-state index contributed by atoms with van der Waals surface area (Å²) in [5.41, 5.74) is 5.01. The second kappa shape index (κ2) is 14.3. The van der Waals surface area contributed by atoms with Crippen LogP contribution in [0, 0.1) is 0 Å². The molecule has 1 saturated heterocycles. The summed E-state index contributed by atoms with van der Waals surface area (Å²) in [5, 5.41) is 54.2. The van der Waals surface area contributed by atoms with E-state index in [0.29, 0.717) is 11.3 Å². The van der Waals surface area contributed by atoms with Gasteiger partial charge in [0.05, 0.1) is 18.8 Å². The van der Waals surface area contributed by atoms with Gasteiger partial charge < -0.3 is 55.1 Å². The number of aliphatic hydroxyl groups is 5. The van der Waals surface area contributed by atoms with Gasteiger partial charge in [0.15, 0.2) is 40.2 Å². The number of guanidine groups is 1. The molecule has 1 amide bonds. The van der Waals surface area contributed by atoms with Gasteiger partial charge in [0.2, 0.25) is 12.2 Å². The van der Waals surface area contributed by atoms with Gasteiger partial charge in [-0.1, -0.05) is 42.5 Å². The molecule has 3 aromatic carbocycles. The Bertz CT molecular complexity index is 2190. The molecule has 4 aliphatic heterocycles. The van der Waals surface area contributed by atoms with Crippen molar-refractivity contribution in [3.05, 3.63) is 88.0 Å². The second-order valence-corrected chi connectivity index (χ2v) is 13.6. The number of hydrogen-bond donors (Lipinski definition) is 6. The number of amidine groups is 1. The van der Waals surface area contributed by atoms with E-state index in [1.807, 2.05) is 6.07 Å². The molecule has 3 aromatic rings. The average molecular weight is 756 g/mol. The zero-order valence-corrected chi connectivity index (χ0v) is 29.2. The zero-order valence-electron chi connectivity index (χ0n) is 29.2. The number of nitrogens with two attached hydrogens (primary N) is 1. The van der Waals surface area contributed by atoms with Crippen LogP contribution in [-0.4, -0.2) is 130 Å². The van der Waals surface area contributed by atoms with Crippen molar-refractivity contribution in [3.8, 4) is 11.5 Å². The number of nitrogens with zero attached hydrogens (tertiary/aromatic N) is 4. The third-order valence-corrected chi connectivity index (χ3v) is 10.4. The van der Waals surface area contributed by atoms with Crippen molar-refractivity contribution in [1.82, 2.24) is 0 Å². The van der Waals surface area contributed by atoms with Crippen molar-refractivity contribution in [2.45, 2.75) is 49.0 Å². The van der Waals surface area contributed by atoms with Crippen molar-refractivity contribution in [1.29, 1.82) is 0 Å². The lowest BCUT2D eigenvalue weighted by atomic mass is 9.79. The Morgan fingerprint density at radius 2 is 1.69 bits per heavy atom. The molecule has 0 radical (unpaired) electrons. The first-order valence-corrected chi connectivity index (χ1v) is 17.7. The Hall–Kier alpha value is -5.40. The molecule has 2 bridgehead atoms. The highest BCUT2D eigenvalue weighted by atomic mass is 16.7. The number of rotatable bonds is 7. The molecule has 0 unspecified atom stereocenters. The van der Waals surface area contributed by atoms with Crippen molar-refractivity contribution in [3.63, 3.8) is 0 Å². The Morgan fingerprint density at radius 1 is 0.945 bits per heavy atom. The van der Waals surface area contributed by atoms with E-state index in [2.05, 4.69) is 15.0 Å². The number of ketones is 2. The average Bonchev–Trinajstić information content (AvgIpc) is 3.60. The van der Waals surface area contributed by atoms with E-state index in [0.717, 1.165) is 0 Å². The normalized spacial score (nSPS) is 27.4. The maximum absolute atomic E-state index is 14.3. The number of aliphatic hydroxyl groups excluding tert-OH is 4. The summed E-state index contributed by atoms with van der Waals surface area (Å²) in [6, 6.07) is 15.0. The number of aliphatic imine (C=N–C) groups is 3. The fraction of sp³-hybridized carbons (Fsp3) is 0.368. The van der Waals surface area contributed by atoms with Crippen molar-refractivity contribution < 1.29 is 58.9 Å². The largest absolute Gasteiger partial charge is 0.486 e. The number of anilines is 1. The Kier molecular flexibility index (Phi) is 9.54. The third kappa shape index (κ3) is 6.00. The SMILES string of the molecule is NC1=NC(=O)C2=NCN(c3ccccc3[C@@H]3CCOC[C@@H]4O[C@H](Oc5c3cc3c(c5OCCO)C(=O)c5ccccc5C3=O)[C@](O)(CCO)[C@H](O)[C@H]4O)C2=N1. The van der Waals surface area contributed by atoms with Gasteiger partial charge >= 0.3 is 5.91 Å². The highest BCUT2D eigenvalue weighted by Gasteiger charge is 2.56. The lowest BCUT2D eigenvalue weighted by Crippen LogP contribution is -2.68. The van der Waals surface area contributed by atoms with Crippen LogP contribution in [0.25, 0.3) is 0 Å². The number of para-hydroxylation sites is 1. The fourth-order valence-electron chi connectivity index (χ4n) is 7.78. The molecule has 8 rings (SSSR count). The standard InChI is InChI=1S/C38H37N5O12/c39-37-41-34-27(35(50)42-37)40-17-43(34)24-8-4-3-5-19(24)18-9-13-52-16-25-30(48)33(49)38(51,10-11-44)36(54-25)55-31-22(18)15-23-26(32(31)53-14-12-45)29(47)21-7-2-1-6-20(21)28(23)46/h1-8,15,18,25,30,33,36,44-45,48-49,51H,9-14,16-17H2,(H2,39,42,50)/t18-,25-,30-,33+,36+,38-/m0/s1. The van der Waals surface area contributed by atoms with Crippen LogP contribution in [0.15, 0.2) is 69.6 Å². The highest BCUT2D eigenvalue weighted by molar-refractivity contribution is 6.72.